The number of aromatic nitrogens is 2. The van der Waals surface area contributed by atoms with Crippen LogP contribution in [0.3, 0.4) is 0 Å². The van der Waals surface area contributed by atoms with Crippen molar-refractivity contribution in [2.45, 2.75) is 6.42 Å². The minimum atomic E-state index is -1.59. The summed E-state index contributed by atoms with van der Waals surface area (Å²) in [5, 5.41) is 6.67. The molecule has 0 atom stereocenters. The predicted octanol–water partition coefficient (Wildman–Crippen LogP) is 3.44. The molecule has 162 valence electrons. The van der Waals surface area contributed by atoms with Gasteiger partial charge in [-0.1, -0.05) is 12.1 Å². The van der Waals surface area contributed by atoms with Gasteiger partial charge in [0.2, 0.25) is 5.43 Å². The summed E-state index contributed by atoms with van der Waals surface area (Å²) >= 11 is 0. The van der Waals surface area contributed by atoms with E-state index in [4.69, 9.17) is 9.47 Å². The number of ether oxygens (including phenoxy) is 2. The molecule has 2 aromatic carbocycles. The normalized spacial score (nSPS) is 10.7. The van der Waals surface area contributed by atoms with Crippen LogP contribution in [0, 0.1) is 17.5 Å². The predicted molar refractivity (Wildman–Crippen MR) is 106 cm³/mol. The third-order valence-corrected chi connectivity index (χ3v) is 4.18. The first-order valence-corrected chi connectivity index (χ1v) is 9.13. The number of hydrogen-bond donors (Lipinski definition) is 1. The van der Waals surface area contributed by atoms with E-state index in [-0.39, 0.29) is 31.0 Å². The van der Waals surface area contributed by atoms with E-state index in [1.807, 2.05) is 0 Å². The summed E-state index contributed by atoms with van der Waals surface area (Å²) in [5.41, 5.74) is 0.711. The van der Waals surface area contributed by atoms with Crippen molar-refractivity contribution in [1.82, 2.24) is 9.78 Å². The van der Waals surface area contributed by atoms with Gasteiger partial charge in [-0.2, -0.15) is 5.10 Å². The lowest BCUT2D eigenvalue weighted by Gasteiger charge is -2.10. The van der Waals surface area contributed by atoms with E-state index in [9.17, 15) is 22.8 Å². The highest BCUT2D eigenvalue weighted by Gasteiger charge is 2.13. The molecule has 3 aromatic rings. The number of halogens is 3. The molecule has 0 unspecified atom stereocenters. The van der Waals surface area contributed by atoms with E-state index in [1.165, 1.54) is 19.4 Å². The highest BCUT2D eigenvalue weighted by atomic mass is 19.2. The summed E-state index contributed by atoms with van der Waals surface area (Å²) in [6, 6.07) is 9.41. The van der Waals surface area contributed by atoms with Crippen molar-refractivity contribution in [2.75, 3.05) is 25.6 Å². The fraction of sp³-hybridized carbons (Fsp3) is 0.190. The van der Waals surface area contributed by atoms with Crippen LogP contribution in [0.5, 0.6) is 0 Å². The van der Waals surface area contributed by atoms with Gasteiger partial charge in [-0.25, -0.2) is 22.6 Å². The lowest BCUT2D eigenvalue weighted by atomic mass is 10.1. The van der Waals surface area contributed by atoms with Crippen molar-refractivity contribution in [3.8, 4) is 5.69 Å². The highest BCUT2D eigenvalue weighted by Crippen LogP contribution is 2.17. The lowest BCUT2D eigenvalue weighted by Crippen LogP contribution is -2.17. The van der Waals surface area contributed by atoms with Crippen molar-refractivity contribution >= 4 is 11.8 Å². The fourth-order valence-electron chi connectivity index (χ4n) is 2.71. The summed E-state index contributed by atoms with van der Waals surface area (Å²) in [6.07, 6.45) is 0.654. The van der Waals surface area contributed by atoms with Crippen LogP contribution in [-0.2, 0) is 15.9 Å². The number of amides is 1. The number of methoxy groups -OCH3 is 1. The van der Waals surface area contributed by atoms with Gasteiger partial charge in [-0.15, -0.1) is 0 Å². The molecular formula is C21H18F3N3O4. The maximum absolute atomic E-state index is 13.5. The molecule has 0 aliphatic rings. The zero-order chi connectivity index (χ0) is 22.4. The Bertz CT molecular complexity index is 1130. The molecule has 1 amide bonds. The molecule has 1 heterocycles. The van der Waals surface area contributed by atoms with Crippen LogP contribution >= 0.6 is 0 Å². The van der Waals surface area contributed by atoms with Crippen LogP contribution in [0.15, 0.2) is 53.5 Å². The van der Waals surface area contributed by atoms with Crippen molar-refractivity contribution in [3.63, 3.8) is 0 Å². The third-order valence-electron chi connectivity index (χ3n) is 4.18. The Morgan fingerprint density at radius 3 is 2.55 bits per heavy atom. The molecule has 0 saturated carbocycles. The standard InChI is InChI=1S/C21H18F3N3O4/c1-30-7-8-31-21(29)25-14-4-2-3-13(9-14)10-18-19(28)5-6-27(26-18)15-11-16(22)20(24)17(23)12-15/h2-6,9,11-12H,7-8,10H2,1H3,(H,25,29). The zero-order valence-electron chi connectivity index (χ0n) is 16.4. The van der Waals surface area contributed by atoms with Gasteiger partial charge in [-0.05, 0) is 17.7 Å². The number of rotatable bonds is 7. The number of nitrogens with zero attached hydrogens (tertiary/aromatic N) is 2. The second-order valence-electron chi connectivity index (χ2n) is 6.43. The highest BCUT2D eigenvalue weighted by molar-refractivity contribution is 5.84. The van der Waals surface area contributed by atoms with Gasteiger partial charge >= 0.3 is 6.09 Å². The molecule has 31 heavy (non-hydrogen) atoms. The molecule has 0 radical (unpaired) electrons. The van der Waals surface area contributed by atoms with Crippen molar-refractivity contribution in [2.24, 2.45) is 0 Å². The minimum Gasteiger partial charge on any atom is -0.447 e. The monoisotopic (exact) mass is 433 g/mol. The van der Waals surface area contributed by atoms with Crippen LogP contribution in [0.4, 0.5) is 23.7 Å². The van der Waals surface area contributed by atoms with E-state index in [1.54, 1.807) is 24.3 Å². The van der Waals surface area contributed by atoms with E-state index in [0.29, 0.717) is 11.3 Å². The van der Waals surface area contributed by atoms with Crippen molar-refractivity contribution in [1.29, 1.82) is 0 Å². The van der Waals surface area contributed by atoms with Crippen LogP contribution < -0.4 is 10.7 Å². The molecule has 7 nitrogen and oxygen atoms in total. The Kier molecular flexibility index (Phi) is 7.03. The molecule has 1 aromatic heterocycles. The van der Waals surface area contributed by atoms with Gasteiger partial charge < -0.3 is 9.47 Å². The van der Waals surface area contributed by atoms with Gasteiger partial charge in [0.25, 0.3) is 0 Å². The summed E-state index contributed by atoms with van der Waals surface area (Å²) in [6.45, 7) is 0.362. The Morgan fingerprint density at radius 2 is 1.84 bits per heavy atom. The summed E-state index contributed by atoms with van der Waals surface area (Å²) in [5.74, 6) is -4.32. The largest absolute Gasteiger partial charge is 0.447 e. The first-order chi connectivity index (χ1) is 14.9. The summed E-state index contributed by atoms with van der Waals surface area (Å²) in [7, 11) is 1.49. The average Bonchev–Trinajstić information content (AvgIpc) is 2.73. The molecule has 0 aliphatic heterocycles. The Balaban J connectivity index is 1.79. The molecule has 0 fully saturated rings. The zero-order valence-corrected chi connectivity index (χ0v) is 16.4. The SMILES string of the molecule is COCCOC(=O)Nc1cccc(Cc2nn(-c3cc(F)c(F)c(F)c3)ccc2=O)c1. The average molecular weight is 433 g/mol. The molecule has 0 aliphatic carbocycles. The Labute approximate surface area is 175 Å². The number of hydrogen-bond acceptors (Lipinski definition) is 5. The van der Waals surface area contributed by atoms with Gasteiger partial charge in [-0.3, -0.25) is 10.1 Å². The number of carbonyl (C=O) groups excluding carboxylic acids is 1. The number of anilines is 1. The smallest absolute Gasteiger partial charge is 0.411 e. The van der Waals surface area contributed by atoms with Gasteiger partial charge in [0.05, 0.1) is 12.3 Å². The minimum absolute atomic E-state index is 0.0770. The van der Waals surface area contributed by atoms with Gasteiger partial charge in [0.1, 0.15) is 12.3 Å². The topological polar surface area (TPSA) is 82.4 Å². The fourth-order valence-corrected chi connectivity index (χ4v) is 2.71. The quantitative estimate of drug-likeness (QED) is 0.456. The second-order valence-corrected chi connectivity index (χ2v) is 6.43. The molecule has 10 heteroatoms. The molecule has 3 rings (SSSR count). The first kappa shape index (κ1) is 22.0. The lowest BCUT2D eigenvalue weighted by molar-refractivity contribution is 0.107. The molecule has 1 N–H and O–H groups in total. The number of benzene rings is 2. The van der Waals surface area contributed by atoms with E-state index in [0.717, 1.165) is 16.8 Å². The number of nitrogens with one attached hydrogen (secondary N) is 1. The first-order valence-electron chi connectivity index (χ1n) is 9.13. The second kappa shape index (κ2) is 9.90. The molecule has 0 saturated heterocycles. The third kappa shape index (κ3) is 5.70. The van der Waals surface area contributed by atoms with Crippen LogP contribution in [-0.4, -0.2) is 36.2 Å². The summed E-state index contributed by atoms with van der Waals surface area (Å²) in [4.78, 5) is 24.0. The Hall–Kier alpha value is -3.66. The van der Waals surface area contributed by atoms with Crippen LogP contribution in [0.25, 0.3) is 5.69 Å². The molecule has 0 bridgehead atoms. The van der Waals surface area contributed by atoms with Gasteiger partial charge in [0.15, 0.2) is 17.5 Å². The maximum Gasteiger partial charge on any atom is 0.411 e. The van der Waals surface area contributed by atoms with Crippen LogP contribution in [0.2, 0.25) is 0 Å². The van der Waals surface area contributed by atoms with Gasteiger partial charge in [0, 0.05) is 43.6 Å². The number of carbonyl (C=O) groups is 1. The van der Waals surface area contributed by atoms with Crippen LogP contribution in [0.1, 0.15) is 11.3 Å². The van der Waals surface area contributed by atoms with E-state index < -0.39 is 29.0 Å². The maximum atomic E-state index is 13.5. The van der Waals surface area contributed by atoms with Crippen molar-refractivity contribution in [3.05, 3.63) is 87.6 Å². The van der Waals surface area contributed by atoms with E-state index in [2.05, 4.69) is 10.4 Å². The molecular weight excluding hydrogens is 415 g/mol. The van der Waals surface area contributed by atoms with Crippen molar-refractivity contribution < 1.29 is 27.4 Å². The molecule has 0 spiro atoms. The van der Waals surface area contributed by atoms with E-state index >= 15 is 0 Å². The Morgan fingerprint density at radius 1 is 1.10 bits per heavy atom. The summed E-state index contributed by atoms with van der Waals surface area (Å²) < 4.78 is 51.1.